The second kappa shape index (κ2) is 5.81. The molecular weight excluding hydrogens is 352 g/mol. The van der Waals surface area contributed by atoms with E-state index in [-0.39, 0.29) is 0 Å². The van der Waals surface area contributed by atoms with Crippen LogP contribution >= 0.6 is 11.3 Å². The highest BCUT2D eigenvalue weighted by molar-refractivity contribution is 7.26. The van der Waals surface area contributed by atoms with Crippen molar-refractivity contribution in [3.05, 3.63) is 48.5 Å². The molecule has 2 aromatic heterocycles. The van der Waals surface area contributed by atoms with Crippen molar-refractivity contribution in [1.82, 2.24) is 10.2 Å². The largest absolute Gasteiger partial charge is 0.365 e. The van der Waals surface area contributed by atoms with Crippen molar-refractivity contribution in [2.75, 3.05) is 4.90 Å². The molecule has 2 bridgehead atoms. The van der Waals surface area contributed by atoms with Crippen LogP contribution in [0.5, 0.6) is 0 Å². The maximum atomic E-state index is 6.23. The second-order valence-electron chi connectivity index (χ2n) is 7.95. The van der Waals surface area contributed by atoms with Crippen molar-refractivity contribution in [3.8, 4) is 11.3 Å². The molecular formula is C22H22N4S. The van der Waals surface area contributed by atoms with Crippen molar-refractivity contribution in [2.24, 2.45) is 5.73 Å². The summed E-state index contributed by atoms with van der Waals surface area (Å²) in [4.78, 5) is 2.62. The Morgan fingerprint density at radius 1 is 1.00 bits per heavy atom. The number of aromatic amines is 1. The molecule has 4 aromatic rings. The van der Waals surface area contributed by atoms with Gasteiger partial charge in [0, 0.05) is 39.5 Å². The van der Waals surface area contributed by atoms with Gasteiger partial charge in [-0.25, -0.2) is 0 Å². The van der Waals surface area contributed by atoms with E-state index in [1.165, 1.54) is 38.9 Å². The fraction of sp³-hybridized carbons (Fsp3) is 0.318. The molecule has 0 aliphatic carbocycles. The lowest BCUT2D eigenvalue weighted by Crippen LogP contribution is -2.47. The van der Waals surface area contributed by atoms with E-state index in [4.69, 9.17) is 5.73 Å². The molecule has 2 aliphatic rings. The van der Waals surface area contributed by atoms with E-state index in [2.05, 4.69) is 63.6 Å². The van der Waals surface area contributed by atoms with Crippen LogP contribution in [-0.2, 0) is 0 Å². The van der Waals surface area contributed by atoms with E-state index in [1.807, 2.05) is 11.3 Å². The average molecular weight is 375 g/mol. The number of aromatic nitrogens is 2. The smallest absolute Gasteiger partial charge is 0.110 e. The Morgan fingerprint density at radius 2 is 1.74 bits per heavy atom. The van der Waals surface area contributed by atoms with Crippen LogP contribution in [0.2, 0.25) is 0 Å². The van der Waals surface area contributed by atoms with Crippen LogP contribution in [-0.4, -0.2) is 28.3 Å². The standard InChI is InChI=1S/C22H22N4S/c23-14-11-16-9-10-17(12-14)26(16)15-7-5-13(6-8-15)20-22-21(25-24-20)18-3-1-2-4-19(18)27-22/h1-8,14,16-17H,9-12,23H2,(H,24,25). The number of anilines is 1. The molecule has 4 nitrogen and oxygen atoms in total. The number of nitrogens with one attached hydrogen (secondary N) is 1. The molecule has 136 valence electrons. The zero-order valence-corrected chi connectivity index (χ0v) is 15.9. The third-order valence-electron chi connectivity index (χ3n) is 6.30. The third kappa shape index (κ3) is 2.35. The number of nitrogens with two attached hydrogens (primary N) is 1. The van der Waals surface area contributed by atoms with Gasteiger partial charge in [-0.3, -0.25) is 5.10 Å². The summed E-state index contributed by atoms with van der Waals surface area (Å²) in [6.45, 7) is 0. The van der Waals surface area contributed by atoms with E-state index in [1.54, 1.807) is 0 Å². The van der Waals surface area contributed by atoms with Crippen LogP contribution in [0, 0.1) is 0 Å². The van der Waals surface area contributed by atoms with Gasteiger partial charge in [-0.2, -0.15) is 5.10 Å². The number of piperidine rings is 1. The van der Waals surface area contributed by atoms with E-state index in [9.17, 15) is 0 Å². The molecule has 2 atom stereocenters. The highest BCUT2D eigenvalue weighted by Crippen LogP contribution is 2.41. The van der Waals surface area contributed by atoms with Crippen molar-refractivity contribution in [1.29, 1.82) is 0 Å². The van der Waals surface area contributed by atoms with Crippen molar-refractivity contribution < 1.29 is 0 Å². The maximum Gasteiger partial charge on any atom is 0.110 e. The lowest BCUT2D eigenvalue weighted by Gasteiger charge is -2.39. The third-order valence-corrected chi connectivity index (χ3v) is 7.48. The first-order valence-corrected chi connectivity index (χ1v) is 10.6. The molecule has 2 aromatic carbocycles. The van der Waals surface area contributed by atoms with Gasteiger partial charge in [0.05, 0.1) is 10.2 Å². The van der Waals surface area contributed by atoms with Gasteiger partial charge in [0.25, 0.3) is 0 Å². The minimum absolute atomic E-state index is 0.378. The van der Waals surface area contributed by atoms with Crippen molar-refractivity contribution >= 4 is 37.3 Å². The number of H-pyrrole nitrogens is 1. The zero-order chi connectivity index (χ0) is 18.0. The number of nitrogens with zero attached hydrogens (tertiary/aromatic N) is 2. The predicted molar refractivity (Wildman–Crippen MR) is 113 cm³/mol. The molecule has 0 radical (unpaired) electrons. The number of thiophene rings is 1. The first-order chi connectivity index (χ1) is 13.3. The van der Waals surface area contributed by atoms with E-state index < -0.39 is 0 Å². The normalized spacial score (nSPS) is 24.9. The van der Waals surface area contributed by atoms with Gasteiger partial charge in [-0.15, -0.1) is 11.3 Å². The van der Waals surface area contributed by atoms with Gasteiger partial charge in [-0.05, 0) is 43.9 Å². The average Bonchev–Trinajstić information content (AvgIpc) is 3.33. The summed E-state index contributed by atoms with van der Waals surface area (Å²) in [5.41, 5.74) is 11.0. The Labute approximate surface area is 162 Å². The number of hydrogen-bond acceptors (Lipinski definition) is 4. The van der Waals surface area contributed by atoms with Gasteiger partial charge in [0.1, 0.15) is 5.69 Å². The number of benzene rings is 2. The number of rotatable bonds is 2. The molecule has 2 aliphatic heterocycles. The summed E-state index contributed by atoms with van der Waals surface area (Å²) in [7, 11) is 0. The summed E-state index contributed by atoms with van der Waals surface area (Å²) in [6.07, 6.45) is 4.81. The minimum atomic E-state index is 0.378. The van der Waals surface area contributed by atoms with Gasteiger partial charge in [0.15, 0.2) is 0 Å². The monoisotopic (exact) mass is 374 g/mol. The Hall–Kier alpha value is -2.37. The van der Waals surface area contributed by atoms with Crippen molar-refractivity contribution in [3.63, 3.8) is 0 Å². The summed E-state index contributed by atoms with van der Waals surface area (Å²) in [5, 5.41) is 9.14. The molecule has 6 rings (SSSR count). The highest BCUT2D eigenvalue weighted by Gasteiger charge is 2.39. The SMILES string of the molecule is NC1CC2CCC(C1)N2c1ccc(-c2n[nH]c3c2sc2ccccc23)cc1. The van der Waals surface area contributed by atoms with Crippen LogP contribution in [0.1, 0.15) is 25.7 Å². The molecule has 5 heteroatoms. The van der Waals surface area contributed by atoms with Gasteiger partial charge in [-0.1, -0.05) is 30.3 Å². The van der Waals surface area contributed by atoms with Crippen LogP contribution in [0.4, 0.5) is 5.69 Å². The van der Waals surface area contributed by atoms with Gasteiger partial charge in [0.2, 0.25) is 0 Å². The molecule has 0 spiro atoms. The van der Waals surface area contributed by atoms with Crippen LogP contribution in [0.15, 0.2) is 48.5 Å². The van der Waals surface area contributed by atoms with Crippen LogP contribution in [0.25, 0.3) is 31.6 Å². The van der Waals surface area contributed by atoms with E-state index in [0.29, 0.717) is 18.1 Å². The number of hydrogen-bond donors (Lipinski definition) is 2. The second-order valence-corrected chi connectivity index (χ2v) is 9.00. The summed E-state index contributed by atoms with van der Waals surface area (Å²) >= 11 is 1.82. The lowest BCUT2D eigenvalue weighted by atomic mass is 9.97. The van der Waals surface area contributed by atoms with E-state index >= 15 is 0 Å². The molecule has 4 heterocycles. The molecule has 2 unspecified atom stereocenters. The van der Waals surface area contributed by atoms with Gasteiger partial charge >= 0.3 is 0 Å². The minimum Gasteiger partial charge on any atom is -0.365 e. The maximum absolute atomic E-state index is 6.23. The van der Waals surface area contributed by atoms with Gasteiger partial charge < -0.3 is 10.6 Å². The van der Waals surface area contributed by atoms with Crippen LogP contribution in [0.3, 0.4) is 0 Å². The summed E-state index contributed by atoms with van der Waals surface area (Å²) < 4.78 is 2.55. The van der Waals surface area contributed by atoms with Crippen molar-refractivity contribution in [2.45, 2.75) is 43.8 Å². The fourth-order valence-corrected chi connectivity index (χ4v) is 6.28. The Kier molecular flexibility index (Phi) is 3.37. The summed E-state index contributed by atoms with van der Waals surface area (Å²) in [5.74, 6) is 0. The Bertz CT molecular complexity index is 1110. The zero-order valence-electron chi connectivity index (χ0n) is 15.1. The van der Waals surface area contributed by atoms with Crippen LogP contribution < -0.4 is 10.6 Å². The molecule has 2 saturated heterocycles. The fourth-order valence-electron chi connectivity index (χ4n) is 5.11. The molecule has 3 N–H and O–H groups in total. The highest BCUT2D eigenvalue weighted by atomic mass is 32.1. The first-order valence-electron chi connectivity index (χ1n) is 9.78. The number of fused-ring (bicyclic) bond motifs is 5. The summed E-state index contributed by atoms with van der Waals surface area (Å²) in [6, 6.07) is 19.1. The molecule has 2 fully saturated rings. The van der Waals surface area contributed by atoms with E-state index in [0.717, 1.165) is 24.1 Å². The predicted octanol–water partition coefficient (Wildman–Crippen LogP) is 4.90. The first kappa shape index (κ1) is 15.7. The molecule has 0 saturated carbocycles. The Morgan fingerprint density at radius 3 is 2.52 bits per heavy atom. The topological polar surface area (TPSA) is 57.9 Å². The molecule has 0 amide bonds. The molecule has 27 heavy (non-hydrogen) atoms. The lowest BCUT2D eigenvalue weighted by molar-refractivity contribution is 0.414. The Balaban J connectivity index is 1.37. The quantitative estimate of drug-likeness (QED) is 0.524.